The molecule has 0 aliphatic rings. The van der Waals surface area contributed by atoms with Gasteiger partial charge in [-0.05, 0) is 24.6 Å². The van der Waals surface area contributed by atoms with Crippen molar-refractivity contribution in [3.05, 3.63) is 28.2 Å². The molecule has 6 heteroatoms. The van der Waals surface area contributed by atoms with Gasteiger partial charge in [0.1, 0.15) is 0 Å². The van der Waals surface area contributed by atoms with Crippen LogP contribution in [0.3, 0.4) is 0 Å². The average molecular weight is 293 g/mol. The number of hydrogen-bond donors (Lipinski definition) is 2. The van der Waals surface area contributed by atoms with Gasteiger partial charge < -0.3 is 5.73 Å². The number of anilines is 1. The van der Waals surface area contributed by atoms with E-state index in [4.69, 9.17) is 5.73 Å². The highest BCUT2D eigenvalue weighted by Crippen LogP contribution is 2.24. The van der Waals surface area contributed by atoms with E-state index >= 15 is 0 Å². The monoisotopic (exact) mass is 292 g/mol. The Morgan fingerprint density at radius 1 is 1.47 bits per heavy atom. The van der Waals surface area contributed by atoms with Crippen LogP contribution < -0.4 is 10.5 Å². The average Bonchev–Trinajstić information content (AvgIpc) is 2.12. The minimum atomic E-state index is -3.32. The number of hydrogen-bond acceptors (Lipinski definition) is 3. The van der Waals surface area contributed by atoms with E-state index in [1.165, 1.54) is 0 Å². The summed E-state index contributed by atoms with van der Waals surface area (Å²) in [4.78, 5) is 0. The zero-order chi connectivity index (χ0) is 11.5. The van der Waals surface area contributed by atoms with Crippen LogP contribution in [0.4, 0.5) is 5.69 Å². The lowest BCUT2D eigenvalue weighted by Crippen LogP contribution is -2.22. The topological polar surface area (TPSA) is 72.2 Å². The maximum absolute atomic E-state index is 11.5. The van der Waals surface area contributed by atoms with Crippen molar-refractivity contribution < 1.29 is 8.42 Å². The van der Waals surface area contributed by atoms with E-state index in [0.717, 1.165) is 10.0 Å². The maximum Gasteiger partial charge on any atom is 0.233 e. The van der Waals surface area contributed by atoms with E-state index in [0.29, 0.717) is 5.69 Å². The molecule has 1 rings (SSSR count). The smallest absolute Gasteiger partial charge is 0.233 e. The van der Waals surface area contributed by atoms with Crippen LogP contribution in [-0.2, 0) is 10.0 Å². The first-order chi connectivity index (χ1) is 6.96. The van der Waals surface area contributed by atoms with E-state index < -0.39 is 10.0 Å². The Kier molecular flexibility index (Phi) is 4.12. The molecule has 1 aromatic carbocycles. The molecule has 0 unspecified atom stereocenters. The highest BCUT2D eigenvalue weighted by Gasteiger charge is 2.11. The molecular formula is C9H13BrN2O2S. The Morgan fingerprint density at radius 2 is 2.13 bits per heavy atom. The van der Waals surface area contributed by atoms with Crippen molar-refractivity contribution in [1.29, 1.82) is 0 Å². The van der Waals surface area contributed by atoms with Gasteiger partial charge in [-0.2, -0.15) is 0 Å². The normalized spacial score (nSPS) is 11.4. The summed E-state index contributed by atoms with van der Waals surface area (Å²) in [6.45, 7) is 1.95. The summed E-state index contributed by atoms with van der Waals surface area (Å²) < 4.78 is 26.3. The molecule has 15 heavy (non-hydrogen) atoms. The summed E-state index contributed by atoms with van der Waals surface area (Å²) in [5.41, 5.74) is 6.65. The van der Waals surface area contributed by atoms with Crippen LogP contribution in [0.2, 0.25) is 0 Å². The van der Waals surface area contributed by atoms with Gasteiger partial charge in [-0.1, -0.05) is 22.0 Å². The molecule has 0 radical (unpaired) electrons. The molecule has 1 aromatic rings. The van der Waals surface area contributed by atoms with Crippen molar-refractivity contribution in [3.63, 3.8) is 0 Å². The summed E-state index contributed by atoms with van der Waals surface area (Å²) in [5, 5.41) is 0. The van der Waals surface area contributed by atoms with E-state index in [-0.39, 0.29) is 12.3 Å². The third-order valence-corrected chi connectivity index (χ3v) is 4.08. The minimum absolute atomic E-state index is 0.0705. The molecule has 0 atom stereocenters. The summed E-state index contributed by atoms with van der Waals surface area (Å²) in [7, 11) is -3.32. The van der Waals surface area contributed by atoms with E-state index in [2.05, 4.69) is 20.7 Å². The molecule has 84 valence electrons. The Morgan fingerprint density at radius 3 is 2.73 bits per heavy atom. The maximum atomic E-state index is 11.5. The molecule has 0 aliphatic heterocycles. The van der Waals surface area contributed by atoms with Crippen molar-refractivity contribution in [2.45, 2.75) is 6.92 Å². The van der Waals surface area contributed by atoms with Crippen LogP contribution in [0.15, 0.2) is 22.7 Å². The zero-order valence-electron chi connectivity index (χ0n) is 8.33. The highest BCUT2D eigenvalue weighted by molar-refractivity contribution is 9.10. The first-order valence-electron chi connectivity index (χ1n) is 4.42. The Bertz CT molecular complexity index is 445. The van der Waals surface area contributed by atoms with Crippen LogP contribution >= 0.6 is 15.9 Å². The molecule has 0 bridgehead atoms. The second-order valence-corrected chi connectivity index (χ2v) is 5.82. The standard InChI is InChI=1S/C9H13BrN2O2S/c1-7-8(10)3-2-4-9(7)12-15(13,14)6-5-11/h2-4,12H,5-6,11H2,1H3. The van der Waals surface area contributed by atoms with Crippen molar-refractivity contribution >= 4 is 31.6 Å². The minimum Gasteiger partial charge on any atom is -0.329 e. The van der Waals surface area contributed by atoms with Crippen LogP contribution in [0.25, 0.3) is 0 Å². The third kappa shape index (κ3) is 3.48. The fraction of sp³-hybridized carbons (Fsp3) is 0.333. The summed E-state index contributed by atoms with van der Waals surface area (Å²) in [5.74, 6) is -0.0705. The number of benzene rings is 1. The van der Waals surface area contributed by atoms with Gasteiger partial charge in [-0.3, -0.25) is 4.72 Å². The molecular weight excluding hydrogens is 280 g/mol. The zero-order valence-corrected chi connectivity index (χ0v) is 10.7. The van der Waals surface area contributed by atoms with Crippen LogP contribution in [0.5, 0.6) is 0 Å². The van der Waals surface area contributed by atoms with Crippen LogP contribution in [-0.4, -0.2) is 20.7 Å². The van der Waals surface area contributed by atoms with E-state index in [1.54, 1.807) is 12.1 Å². The second-order valence-electron chi connectivity index (χ2n) is 3.12. The Hall–Kier alpha value is -0.590. The number of halogens is 1. The molecule has 0 saturated carbocycles. The molecule has 0 aromatic heterocycles. The Labute approximate surface area is 98.0 Å². The lowest BCUT2D eigenvalue weighted by Gasteiger charge is -2.10. The molecule has 0 aliphatic carbocycles. The molecule has 0 fully saturated rings. The van der Waals surface area contributed by atoms with Crippen LogP contribution in [0.1, 0.15) is 5.56 Å². The van der Waals surface area contributed by atoms with Gasteiger partial charge in [-0.25, -0.2) is 8.42 Å². The van der Waals surface area contributed by atoms with Crippen molar-refractivity contribution in [2.75, 3.05) is 17.0 Å². The number of rotatable bonds is 4. The predicted molar refractivity (Wildman–Crippen MR) is 65.3 cm³/mol. The molecule has 0 amide bonds. The predicted octanol–water partition coefficient (Wildman–Crippen LogP) is 1.46. The van der Waals surface area contributed by atoms with Crippen molar-refractivity contribution in [1.82, 2.24) is 0 Å². The SMILES string of the molecule is Cc1c(Br)cccc1NS(=O)(=O)CCN. The largest absolute Gasteiger partial charge is 0.329 e. The van der Waals surface area contributed by atoms with Gasteiger partial charge in [0.2, 0.25) is 10.0 Å². The summed E-state index contributed by atoms with van der Waals surface area (Å²) >= 11 is 3.33. The lowest BCUT2D eigenvalue weighted by atomic mass is 10.2. The van der Waals surface area contributed by atoms with Gasteiger partial charge in [0.05, 0.1) is 11.4 Å². The molecule has 0 heterocycles. The number of nitrogens with one attached hydrogen (secondary N) is 1. The van der Waals surface area contributed by atoms with Gasteiger partial charge in [0, 0.05) is 11.0 Å². The molecule has 0 spiro atoms. The fourth-order valence-electron chi connectivity index (χ4n) is 1.09. The van der Waals surface area contributed by atoms with Gasteiger partial charge in [-0.15, -0.1) is 0 Å². The Balaban J connectivity index is 2.95. The molecule has 4 nitrogen and oxygen atoms in total. The third-order valence-electron chi connectivity index (χ3n) is 1.92. The van der Waals surface area contributed by atoms with Gasteiger partial charge in [0.15, 0.2) is 0 Å². The quantitative estimate of drug-likeness (QED) is 0.882. The van der Waals surface area contributed by atoms with E-state index in [1.807, 2.05) is 13.0 Å². The number of sulfonamides is 1. The molecule has 0 saturated heterocycles. The molecule has 3 N–H and O–H groups in total. The van der Waals surface area contributed by atoms with Gasteiger partial charge >= 0.3 is 0 Å². The summed E-state index contributed by atoms with van der Waals surface area (Å²) in [6.07, 6.45) is 0. The fourth-order valence-corrected chi connectivity index (χ4v) is 2.43. The first-order valence-corrected chi connectivity index (χ1v) is 6.86. The highest BCUT2D eigenvalue weighted by atomic mass is 79.9. The number of nitrogens with two attached hydrogens (primary N) is 1. The van der Waals surface area contributed by atoms with E-state index in [9.17, 15) is 8.42 Å². The van der Waals surface area contributed by atoms with Crippen molar-refractivity contribution in [2.24, 2.45) is 5.73 Å². The van der Waals surface area contributed by atoms with Gasteiger partial charge in [0.25, 0.3) is 0 Å². The second kappa shape index (κ2) is 4.96. The first kappa shape index (κ1) is 12.5. The van der Waals surface area contributed by atoms with Crippen molar-refractivity contribution in [3.8, 4) is 0 Å². The summed E-state index contributed by atoms with van der Waals surface area (Å²) in [6, 6.07) is 5.35. The van der Waals surface area contributed by atoms with Crippen LogP contribution in [0, 0.1) is 6.92 Å². The lowest BCUT2D eigenvalue weighted by molar-refractivity contribution is 0.601.